The first-order valence-electron chi connectivity index (χ1n) is 6.69. The second-order valence-electron chi connectivity index (χ2n) is 5.21. The number of sulfonamides is 1. The van der Waals surface area contributed by atoms with Crippen molar-refractivity contribution in [3.05, 3.63) is 24.3 Å². The number of hydrogen-bond donors (Lipinski definition) is 2. The van der Waals surface area contributed by atoms with E-state index >= 15 is 0 Å². The van der Waals surface area contributed by atoms with Crippen molar-refractivity contribution in [2.45, 2.75) is 23.4 Å². The van der Waals surface area contributed by atoms with Crippen LogP contribution < -0.4 is 5.32 Å². The van der Waals surface area contributed by atoms with Crippen LogP contribution >= 0.6 is 0 Å². The average Bonchev–Trinajstić information content (AvgIpc) is 2.86. The fourth-order valence-corrected chi connectivity index (χ4v) is 4.17. The number of benzene rings is 1. The van der Waals surface area contributed by atoms with Gasteiger partial charge >= 0.3 is 0 Å². The zero-order chi connectivity index (χ0) is 14.2. The molecule has 0 aromatic heterocycles. The predicted octanol–water partition coefficient (Wildman–Crippen LogP) is 0.144. The Morgan fingerprint density at radius 3 is 2.65 bits per heavy atom. The summed E-state index contributed by atoms with van der Waals surface area (Å²) in [5.41, 5.74) is 0. The van der Waals surface area contributed by atoms with Gasteiger partial charge < -0.3 is 15.2 Å². The van der Waals surface area contributed by atoms with E-state index < -0.39 is 10.0 Å². The smallest absolute Gasteiger partial charge is 0.246 e. The van der Waals surface area contributed by atoms with E-state index in [1.807, 2.05) is 0 Å². The summed E-state index contributed by atoms with van der Waals surface area (Å²) in [7, 11) is -3.59. The third kappa shape index (κ3) is 2.54. The number of phenols is 1. The minimum atomic E-state index is -3.59. The van der Waals surface area contributed by atoms with Crippen LogP contribution in [0.15, 0.2) is 29.2 Å². The minimum absolute atomic E-state index is 0.0253. The maximum Gasteiger partial charge on any atom is 0.246 e. The van der Waals surface area contributed by atoms with Gasteiger partial charge in [0, 0.05) is 31.8 Å². The SMILES string of the molecule is O=S(=O)(c1ccccc1O)N1CC(NC2CCOC2)C1. The summed E-state index contributed by atoms with van der Waals surface area (Å²) in [4.78, 5) is -0.0253. The van der Waals surface area contributed by atoms with E-state index in [1.165, 1.54) is 16.4 Å². The van der Waals surface area contributed by atoms with Crippen molar-refractivity contribution >= 4 is 10.0 Å². The van der Waals surface area contributed by atoms with Gasteiger partial charge in [-0.15, -0.1) is 0 Å². The summed E-state index contributed by atoms with van der Waals surface area (Å²) in [5.74, 6) is -0.201. The monoisotopic (exact) mass is 298 g/mol. The zero-order valence-corrected chi connectivity index (χ0v) is 11.8. The van der Waals surface area contributed by atoms with Crippen LogP contribution in [0.2, 0.25) is 0 Å². The Morgan fingerprint density at radius 1 is 1.25 bits per heavy atom. The van der Waals surface area contributed by atoms with Gasteiger partial charge in [0.05, 0.1) is 6.61 Å². The number of nitrogens with one attached hydrogen (secondary N) is 1. The molecule has 110 valence electrons. The molecule has 0 saturated carbocycles. The van der Waals surface area contributed by atoms with Gasteiger partial charge in [0.1, 0.15) is 10.6 Å². The molecule has 20 heavy (non-hydrogen) atoms. The molecule has 2 N–H and O–H groups in total. The molecule has 0 aliphatic carbocycles. The summed E-state index contributed by atoms with van der Waals surface area (Å²) in [6.45, 7) is 2.34. The number of nitrogens with zero attached hydrogens (tertiary/aromatic N) is 1. The number of hydrogen-bond acceptors (Lipinski definition) is 5. The molecule has 2 aliphatic rings. The van der Waals surface area contributed by atoms with E-state index in [0.717, 1.165) is 13.0 Å². The van der Waals surface area contributed by atoms with Crippen LogP contribution in [0.25, 0.3) is 0 Å². The summed E-state index contributed by atoms with van der Waals surface area (Å²) < 4.78 is 31.3. The van der Waals surface area contributed by atoms with E-state index in [-0.39, 0.29) is 16.7 Å². The standard InChI is InChI=1S/C13H18N2O4S/c16-12-3-1-2-4-13(12)20(17,18)15-7-11(8-15)14-10-5-6-19-9-10/h1-4,10-11,14,16H,5-9H2. The second kappa shape index (κ2) is 5.33. The van der Waals surface area contributed by atoms with E-state index in [9.17, 15) is 13.5 Å². The lowest BCUT2D eigenvalue weighted by molar-refractivity contribution is 0.172. The van der Waals surface area contributed by atoms with Crippen LogP contribution in [-0.4, -0.2) is 56.2 Å². The number of aromatic hydroxyl groups is 1. The lowest BCUT2D eigenvalue weighted by atomic mass is 10.1. The van der Waals surface area contributed by atoms with Gasteiger partial charge in [-0.25, -0.2) is 8.42 Å². The predicted molar refractivity (Wildman–Crippen MR) is 73.0 cm³/mol. The van der Waals surface area contributed by atoms with Crippen molar-refractivity contribution in [1.82, 2.24) is 9.62 Å². The third-order valence-electron chi connectivity index (χ3n) is 3.73. The van der Waals surface area contributed by atoms with Gasteiger partial charge in [0.25, 0.3) is 0 Å². The van der Waals surface area contributed by atoms with Crippen LogP contribution in [0.5, 0.6) is 5.75 Å². The molecular formula is C13H18N2O4S. The Balaban J connectivity index is 1.62. The number of rotatable bonds is 4. The topological polar surface area (TPSA) is 78.9 Å². The van der Waals surface area contributed by atoms with Crippen molar-refractivity contribution in [1.29, 1.82) is 0 Å². The molecule has 7 heteroatoms. The first kappa shape index (κ1) is 13.8. The molecular weight excluding hydrogens is 280 g/mol. The van der Waals surface area contributed by atoms with Crippen molar-refractivity contribution in [3.8, 4) is 5.75 Å². The van der Waals surface area contributed by atoms with E-state index in [1.54, 1.807) is 12.1 Å². The van der Waals surface area contributed by atoms with Crippen LogP contribution in [0.4, 0.5) is 0 Å². The van der Waals surface area contributed by atoms with Gasteiger partial charge in [-0.05, 0) is 18.6 Å². The van der Waals surface area contributed by atoms with Crippen LogP contribution in [-0.2, 0) is 14.8 Å². The first-order chi connectivity index (χ1) is 9.57. The highest BCUT2D eigenvalue weighted by molar-refractivity contribution is 7.89. The molecule has 6 nitrogen and oxygen atoms in total. The lowest BCUT2D eigenvalue weighted by Crippen LogP contribution is -2.61. The van der Waals surface area contributed by atoms with Crippen LogP contribution in [0.1, 0.15) is 6.42 Å². The Morgan fingerprint density at radius 2 is 2.00 bits per heavy atom. The number of ether oxygens (including phenoxy) is 1. The average molecular weight is 298 g/mol. The molecule has 2 fully saturated rings. The number of para-hydroxylation sites is 1. The molecule has 1 atom stereocenters. The molecule has 0 spiro atoms. The largest absolute Gasteiger partial charge is 0.507 e. The maximum absolute atomic E-state index is 12.3. The van der Waals surface area contributed by atoms with Gasteiger partial charge in [0.2, 0.25) is 10.0 Å². The minimum Gasteiger partial charge on any atom is -0.507 e. The fraction of sp³-hybridized carbons (Fsp3) is 0.538. The summed E-state index contributed by atoms with van der Waals surface area (Å²) in [6, 6.07) is 6.53. The fourth-order valence-electron chi connectivity index (χ4n) is 2.55. The van der Waals surface area contributed by atoms with Crippen molar-refractivity contribution in [3.63, 3.8) is 0 Å². The second-order valence-corrected chi connectivity index (χ2v) is 7.12. The van der Waals surface area contributed by atoms with Crippen molar-refractivity contribution in [2.75, 3.05) is 26.3 Å². The highest BCUT2D eigenvalue weighted by Crippen LogP contribution is 2.28. The van der Waals surface area contributed by atoms with E-state index in [4.69, 9.17) is 4.74 Å². The van der Waals surface area contributed by atoms with E-state index in [2.05, 4.69) is 5.32 Å². The molecule has 3 rings (SSSR count). The van der Waals surface area contributed by atoms with Crippen molar-refractivity contribution < 1.29 is 18.3 Å². The summed E-state index contributed by atoms with van der Waals surface area (Å²) in [6.07, 6.45) is 0.975. The van der Waals surface area contributed by atoms with Crippen LogP contribution in [0, 0.1) is 0 Å². The normalized spacial score (nSPS) is 24.7. The van der Waals surface area contributed by atoms with Gasteiger partial charge in [-0.1, -0.05) is 12.1 Å². The highest BCUT2D eigenvalue weighted by Gasteiger charge is 2.38. The quantitative estimate of drug-likeness (QED) is 0.827. The molecule has 1 aromatic carbocycles. The summed E-state index contributed by atoms with van der Waals surface area (Å²) >= 11 is 0. The molecule has 1 aromatic rings. The Bertz CT molecular complexity index is 578. The van der Waals surface area contributed by atoms with Gasteiger partial charge in [0.15, 0.2) is 0 Å². The molecule has 2 heterocycles. The lowest BCUT2D eigenvalue weighted by Gasteiger charge is -2.39. The zero-order valence-electron chi connectivity index (χ0n) is 11.0. The number of phenolic OH excluding ortho intramolecular Hbond substituents is 1. The summed E-state index contributed by atoms with van der Waals surface area (Å²) in [5, 5.41) is 13.1. The Labute approximate surface area is 118 Å². The molecule has 1 unspecified atom stereocenters. The third-order valence-corrected chi connectivity index (χ3v) is 5.61. The Hall–Kier alpha value is -1.15. The molecule has 0 bridgehead atoms. The first-order valence-corrected chi connectivity index (χ1v) is 8.13. The van der Waals surface area contributed by atoms with Gasteiger partial charge in [-0.2, -0.15) is 4.31 Å². The van der Waals surface area contributed by atoms with E-state index in [0.29, 0.717) is 25.7 Å². The van der Waals surface area contributed by atoms with Crippen LogP contribution in [0.3, 0.4) is 0 Å². The van der Waals surface area contributed by atoms with Gasteiger partial charge in [-0.3, -0.25) is 0 Å². The molecule has 2 aliphatic heterocycles. The maximum atomic E-state index is 12.3. The molecule has 0 amide bonds. The van der Waals surface area contributed by atoms with Crippen molar-refractivity contribution in [2.24, 2.45) is 0 Å². The molecule has 0 radical (unpaired) electrons. The Kier molecular flexibility index (Phi) is 3.68. The molecule has 2 saturated heterocycles. The highest BCUT2D eigenvalue weighted by atomic mass is 32.2.